The van der Waals surface area contributed by atoms with Gasteiger partial charge in [0.15, 0.2) is 0 Å². The Morgan fingerprint density at radius 3 is 2.96 bits per heavy atom. The molecule has 0 aliphatic heterocycles. The summed E-state index contributed by atoms with van der Waals surface area (Å²) in [5.41, 5.74) is 1.88. The highest BCUT2D eigenvalue weighted by Gasteiger charge is 2.10. The summed E-state index contributed by atoms with van der Waals surface area (Å²) in [5, 5.41) is 10.3. The lowest BCUT2D eigenvalue weighted by atomic mass is 10.2. The third kappa shape index (κ3) is 3.37. The zero-order valence-electron chi connectivity index (χ0n) is 12.7. The number of fused-ring (bicyclic) bond motifs is 1. The smallest absolute Gasteiger partial charge is 0.255 e. The highest BCUT2D eigenvalue weighted by molar-refractivity contribution is 7.18. The van der Waals surface area contributed by atoms with Gasteiger partial charge in [0, 0.05) is 18.8 Å². The maximum absolute atomic E-state index is 12.3. The van der Waals surface area contributed by atoms with Crippen LogP contribution in [0.15, 0.2) is 30.6 Å². The molecule has 0 fully saturated rings. The molecule has 8 heteroatoms. The Kier molecular flexibility index (Phi) is 4.07. The molecule has 0 radical (unpaired) electrons. The number of hydrogen-bond acceptors (Lipinski definition) is 5. The number of nitrogens with zero attached hydrogens (tertiary/aromatic N) is 3. The Balaban J connectivity index is 1.73. The van der Waals surface area contributed by atoms with E-state index >= 15 is 0 Å². The van der Waals surface area contributed by atoms with Crippen molar-refractivity contribution < 1.29 is 9.59 Å². The molecule has 23 heavy (non-hydrogen) atoms. The molecule has 0 spiro atoms. The summed E-state index contributed by atoms with van der Waals surface area (Å²) >= 11 is 1.59. The predicted molar refractivity (Wildman–Crippen MR) is 88.6 cm³/mol. The summed E-state index contributed by atoms with van der Waals surface area (Å²) in [6, 6.07) is 5.43. The number of thiazole rings is 1. The quantitative estimate of drug-likeness (QED) is 0.764. The molecule has 2 heterocycles. The standard InChI is InChI=1S/C15H15N5O2S/c1-9-18-12-5-10(3-4-13(12)23-9)15(22)19-11-6-17-20(7-11)8-14(21)16-2/h3-7H,8H2,1-2H3,(H,16,21)(H,19,22). The van der Waals surface area contributed by atoms with Crippen LogP contribution in [0.4, 0.5) is 5.69 Å². The Hall–Kier alpha value is -2.74. The van der Waals surface area contributed by atoms with Crippen molar-refractivity contribution in [2.75, 3.05) is 12.4 Å². The van der Waals surface area contributed by atoms with E-state index in [4.69, 9.17) is 0 Å². The molecular weight excluding hydrogens is 314 g/mol. The number of amides is 2. The van der Waals surface area contributed by atoms with Gasteiger partial charge in [-0.3, -0.25) is 14.3 Å². The predicted octanol–water partition coefficient (Wildman–Crippen LogP) is 1.80. The lowest BCUT2D eigenvalue weighted by Gasteiger charge is -2.02. The topological polar surface area (TPSA) is 88.9 Å². The summed E-state index contributed by atoms with van der Waals surface area (Å²) in [5.74, 6) is -0.396. The van der Waals surface area contributed by atoms with Crippen molar-refractivity contribution in [1.82, 2.24) is 20.1 Å². The molecule has 0 aliphatic carbocycles. The maximum atomic E-state index is 12.3. The number of rotatable bonds is 4. The van der Waals surface area contributed by atoms with Crippen molar-refractivity contribution in [3.8, 4) is 0 Å². The largest absolute Gasteiger partial charge is 0.358 e. The van der Waals surface area contributed by atoms with Gasteiger partial charge in [0.1, 0.15) is 6.54 Å². The molecule has 0 unspecified atom stereocenters. The summed E-state index contributed by atoms with van der Waals surface area (Å²) < 4.78 is 2.51. The SMILES string of the molecule is CNC(=O)Cn1cc(NC(=O)c2ccc3sc(C)nc3c2)cn1. The van der Waals surface area contributed by atoms with Crippen molar-refractivity contribution in [3.05, 3.63) is 41.2 Å². The van der Waals surface area contributed by atoms with Crippen LogP contribution in [0.25, 0.3) is 10.2 Å². The van der Waals surface area contributed by atoms with E-state index in [-0.39, 0.29) is 18.4 Å². The van der Waals surface area contributed by atoms with Gasteiger partial charge in [0.05, 0.1) is 27.1 Å². The van der Waals surface area contributed by atoms with Crippen molar-refractivity contribution in [2.45, 2.75) is 13.5 Å². The summed E-state index contributed by atoms with van der Waals surface area (Å²) in [4.78, 5) is 28.0. The first-order valence-corrected chi connectivity index (χ1v) is 7.78. The highest BCUT2D eigenvalue weighted by atomic mass is 32.1. The fourth-order valence-corrected chi connectivity index (χ4v) is 2.94. The summed E-state index contributed by atoms with van der Waals surface area (Å²) in [7, 11) is 1.56. The molecule has 0 saturated carbocycles. The van der Waals surface area contributed by atoms with Gasteiger partial charge in [-0.25, -0.2) is 4.98 Å². The molecule has 0 saturated heterocycles. The van der Waals surface area contributed by atoms with Crippen molar-refractivity contribution >= 4 is 39.1 Å². The molecule has 3 rings (SSSR count). The van der Waals surface area contributed by atoms with Gasteiger partial charge in [-0.15, -0.1) is 11.3 Å². The molecule has 7 nitrogen and oxygen atoms in total. The van der Waals surface area contributed by atoms with Crippen LogP contribution in [0.3, 0.4) is 0 Å². The molecule has 2 aromatic heterocycles. The lowest BCUT2D eigenvalue weighted by molar-refractivity contribution is -0.121. The second-order valence-electron chi connectivity index (χ2n) is 4.97. The number of anilines is 1. The van der Waals surface area contributed by atoms with E-state index in [2.05, 4.69) is 20.7 Å². The second-order valence-corrected chi connectivity index (χ2v) is 6.20. The van der Waals surface area contributed by atoms with Crippen molar-refractivity contribution in [1.29, 1.82) is 0 Å². The van der Waals surface area contributed by atoms with Crippen molar-refractivity contribution in [3.63, 3.8) is 0 Å². The molecule has 1 aromatic carbocycles. The van der Waals surface area contributed by atoms with Gasteiger partial charge in [-0.05, 0) is 25.1 Å². The van der Waals surface area contributed by atoms with Crippen LogP contribution in [0, 0.1) is 6.92 Å². The molecule has 2 amide bonds. The maximum Gasteiger partial charge on any atom is 0.255 e. The highest BCUT2D eigenvalue weighted by Crippen LogP contribution is 2.22. The van der Waals surface area contributed by atoms with Gasteiger partial charge in [-0.1, -0.05) is 0 Å². The third-order valence-electron chi connectivity index (χ3n) is 3.23. The first-order valence-electron chi connectivity index (χ1n) is 6.97. The number of carbonyl (C=O) groups excluding carboxylic acids is 2. The van der Waals surface area contributed by atoms with E-state index in [1.165, 1.54) is 10.9 Å². The average Bonchev–Trinajstić information content (AvgIpc) is 3.11. The minimum absolute atomic E-state index is 0.108. The number of aromatic nitrogens is 3. The van der Waals surface area contributed by atoms with Crippen LogP contribution in [-0.2, 0) is 11.3 Å². The molecule has 3 aromatic rings. The van der Waals surface area contributed by atoms with Gasteiger partial charge < -0.3 is 10.6 Å². The number of aryl methyl sites for hydroxylation is 1. The fraction of sp³-hybridized carbons (Fsp3) is 0.200. The number of nitrogens with one attached hydrogen (secondary N) is 2. The molecule has 118 valence electrons. The lowest BCUT2D eigenvalue weighted by Crippen LogP contribution is -2.23. The van der Waals surface area contributed by atoms with Crippen LogP contribution in [0.1, 0.15) is 15.4 Å². The Morgan fingerprint density at radius 2 is 2.17 bits per heavy atom. The first-order chi connectivity index (χ1) is 11.0. The van der Waals surface area contributed by atoms with Gasteiger partial charge in [0.2, 0.25) is 5.91 Å². The van der Waals surface area contributed by atoms with E-state index in [1.54, 1.807) is 36.7 Å². The van der Waals surface area contributed by atoms with E-state index in [9.17, 15) is 9.59 Å². The van der Waals surface area contributed by atoms with Crippen LogP contribution < -0.4 is 10.6 Å². The zero-order chi connectivity index (χ0) is 16.4. The minimum atomic E-state index is -0.239. The van der Waals surface area contributed by atoms with Crippen LogP contribution in [0.2, 0.25) is 0 Å². The van der Waals surface area contributed by atoms with E-state index in [0.717, 1.165) is 15.2 Å². The zero-order valence-corrected chi connectivity index (χ0v) is 13.5. The third-order valence-corrected chi connectivity index (χ3v) is 4.18. The van der Waals surface area contributed by atoms with Crippen LogP contribution in [0.5, 0.6) is 0 Å². The molecule has 0 bridgehead atoms. The van der Waals surface area contributed by atoms with E-state index in [1.807, 2.05) is 13.0 Å². The summed E-state index contributed by atoms with van der Waals surface area (Å²) in [6.07, 6.45) is 3.12. The molecule has 0 aliphatic rings. The normalized spacial score (nSPS) is 10.7. The van der Waals surface area contributed by atoms with Crippen LogP contribution in [-0.4, -0.2) is 33.6 Å². The van der Waals surface area contributed by atoms with Crippen LogP contribution >= 0.6 is 11.3 Å². The Bertz CT molecular complexity index is 883. The molecular formula is C15H15N5O2S. The Labute approximate surface area is 136 Å². The van der Waals surface area contributed by atoms with Gasteiger partial charge >= 0.3 is 0 Å². The van der Waals surface area contributed by atoms with Gasteiger partial charge in [0.25, 0.3) is 5.91 Å². The molecule has 2 N–H and O–H groups in total. The fourth-order valence-electron chi connectivity index (χ4n) is 2.13. The first kappa shape index (κ1) is 15.2. The minimum Gasteiger partial charge on any atom is -0.358 e. The van der Waals surface area contributed by atoms with E-state index < -0.39 is 0 Å². The number of likely N-dealkylation sites (N-methyl/N-ethyl adjacent to an activating group) is 1. The number of carbonyl (C=O) groups is 2. The summed E-state index contributed by atoms with van der Waals surface area (Å²) in [6.45, 7) is 2.04. The Morgan fingerprint density at radius 1 is 1.35 bits per heavy atom. The number of hydrogen-bond donors (Lipinski definition) is 2. The number of benzene rings is 1. The second kappa shape index (κ2) is 6.17. The van der Waals surface area contributed by atoms with E-state index in [0.29, 0.717) is 11.3 Å². The van der Waals surface area contributed by atoms with Crippen molar-refractivity contribution in [2.24, 2.45) is 0 Å². The molecule has 0 atom stereocenters. The monoisotopic (exact) mass is 329 g/mol. The average molecular weight is 329 g/mol. The van der Waals surface area contributed by atoms with Gasteiger partial charge in [-0.2, -0.15) is 5.10 Å².